The summed E-state index contributed by atoms with van der Waals surface area (Å²) in [5.41, 5.74) is 4.59. The summed E-state index contributed by atoms with van der Waals surface area (Å²) >= 11 is 0. The van der Waals surface area contributed by atoms with E-state index in [0.717, 1.165) is 16.7 Å². The number of fused-ring (bicyclic) bond motifs is 2. The Morgan fingerprint density at radius 1 is 1.08 bits per heavy atom. The first-order valence-corrected chi connectivity index (χ1v) is 8.04. The molecule has 0 spiro atoms. The van der Waals surface area contributed by atoms with Crippen molar-refractivity contribution >= 4 is 27.9 Å². The summed E-state index contributed by atoms with van der Waals surface area (Å²) in [6, 6.07) is 7.41. The molecule has 3 rings (SSSR count). The molecule has 0 saturated heterocycles. The van der Waals surface area contributed by atoms with Gasteiger partial charge in [-0.2, -0.15) is 0 Å². The van der Waals surface area contributed by atoms with Crippen molar-refractivity contribution in [2.75, 3.05) is 6.61 Å². The van der Waals surface area contributed by atoms with E-state index in [1.165, 1.54) is 0 Å². The molecule has 4 heteroatoms. The predicted octanol–water partition coefficient (Wildman–Crippen LogP) is 3.98. The molecular weight excluding hydrogens is 304 g/mol. The maximum atomic E-state index is 12.9. The Labute approximate surface area is 140 Å². The fraction of sp³-hybridized carbons (Fsp3) is 0.300. The molecule has 0 bridgehead atoms. The van der Waals surface area contributed by atoms with E-state index in [1.54, 1.807) is 13.0 Å². The molecule has 2 aromatic carbocycles. The molecule has 0 aliphatic rings. The molecule has 0 fully saturated rings. The molecule has 0 atom stereocenters. The first-order chi connectivity index (χ1) is 11.4. The fourth-order valence-electron chi connectivity index (χ4n) is 2.98. The number of esters is 1. The highest BCUT2D eigenvalue weighted by atomic mass is 16.5. The van der Waals surface area contributed by atoms with Gasteiger partial charge in [-0.15, -0.1) is 0 Å². The minimum absolute atomic E-state index is 0.0665. The Morgan fingerprint density at radius 3 is 2.54 bits per heavy atom. The highest BCUT2D eigenvalue weighted by Crippen LogP contribution is 2.27. The molecule has 0 aliphatic heterocycles. The summed E-state index contributed by atoms with van der Waals surface area (Å²) in [5.74, 6) is -0.326. The van der Waals surface area contributed by atoms with Gasteiger partial charge >= 0.3 is 5.97 Å². The lowest BCUT2D eigenvalue weighted by atomic mass is 10.0. The van der Waals surface area contributed by atoms with Crippen molar-refractivity contribution < 1.29 is 13.9 Å². The number of rotatable bonds is 3. The van der Waals surface area contributed by atoms with Crippen molar-refractivity contribution in [3.8, 4) is 0 Å². The highest BCUT2D eigenvalue weighted by Gasteiger charge is 2.16. The lowest BCUT2D eigenvalue weighted by Crippen LogP contribution is -2.10. The van der Waals surface area contributed by atoms with Crippen molar-refractivity contribution in [3.05, 3.63) is 56.7 Å². The van der Waals surface area contributed by atoms with Crippen LogP contribution in [0.2, 0.25) is 0 Å². The summed E-state index contributed by atoms with van der Waals surface area (Å²) in [5, 5.41) is 1.07. The normalized spacial score (nSPS) is 11.2. The van der Waals surface area contributed by atoms with Crippen LogP contribution < -0.4 is 5.43 Å². The largest absolute Gasteiger partial charge is 0.466 e. The summed E-state index contributed by atoms with van der Waals surface area (Å²) in [7, 11) is 0. The van der Waals surface area contributed by atoms with Gasteiger partial charge in [0.15, 0.2) is 0 Å². The fourth-order valence-corrected chi connectivity index (χ4v) is 2.98. The number of hydrogen-bond acceptors (Lipinski definition) is 4. The Hall–Kier alpha value is -2.62. The average molecular weight is 324 g/mol. The average Bonchev–Trinajstić information content (AvgIpc) is 2.52. The van der Waals surface area contributed by atoms with Gasteiger partial charge in [-0.25, -0.2) is 0 Å². The number of benzene rings is 2. The van der Waals surface area contributed by atoms with Gasteiger partial charge in [0, 0.05) is 5.56 Å². The summed E-state index contributed by atoms with van der Waals surface area (Å²) in [6.07, 6.45) is 0.0886. The van der Waals surface area contributed by atoms with Crippen molar-refractivity contribution in [1.82, 2.24) is 0 Å². The summed E-state index contributed by atoms with van der Waals surface area (Å²) in [4.78, 5) is 24.8. The Bertz CT molecular complexity index is 1010. The van der Waals surface area contributed by atoms with Crippen molar-refractivity contribution in [2.45, 2.75) is 34.1 Å². The molecule has 124 valence electrons. The van der Waals surface area contributed by atoms with E-state index in [0.29, 0.717) is 34.1 Å². The molecule has 4 nitrogen and oxygen atoms in total. The minimum Gasteiger partial charge on any atom is -0.466 e. The van der Waals surface area contributed by atoms with Crippen LogP contribution in [0.15, 0.2) is 33.5 Å². The molecule has 1 aromatic heterocycles. The van der Waals surface area contributed by atoms with E-state index in [1.807, 2.05) is 39.0 Å². The number of aryl methyl sites for hydroxylation is 3. The SMILES string of the molecule is CCOC(=O)Cc1cc(C)cc2c(=O)c3ccc(C)c(C)c3oc12. The van der Waals surface area contributed by atoms with Gasteiger partial charge in [0.2, 0.25) is 5.43 Å². The highest BCUT2D eigenvalue weighted by molar-refractivity contribution is 5.94. The van der Waals surface area contributed by atoms with Crippen LogP contribution in [0.4, 0.5) is 0 Å². The molecule has 0 unspecified atom stereocenters. The maximum Gasteiger partial charge on any atom is 0.310 e. The first-order valence-electron chi connectivity index (χ1n) is 8.04. The number of hydrogen-bond donors (Lipinski definition) is 0. The summed E-state index contributed by atoms with van der Waals surface area (Å²) < 4.78 is 11.1. The number of carbonyl (C=O) groups is 1. The van der Waals surface area contributed by atoms with Crippen LogP contribution in [-0.2, 0) is 16.0 Å². The van der Waals surface area contributed by atoms with Gasteiger partial charge in [0.05, 0.1) is 23.8 Å². The second-order valence-corrected chi connectivity index (χ2v) is 6.10. The Balaban J connectivity index is 2.35. The van der Waals surface area contributed by atoms with E-state index in [9.17, 15) is 9.59 Å². The zero-order valence-corrected chi connectivity index (χ0v) is 14.4. The van der Waals surface area contributed by atoms with E-state index in [2.05, 4.69) is 0 Å². The molecule has 24 heavy (non-hydrogen) atoms. The topological polar surface area (TPSA) is 56.5 Å². The van der Waals surface area contributed by atoms with Crippen LogP contribution in [-0.4, -0.2) is 12.6 Å². The van der Waals surface area contributed by atoms with Crippen LogP contribution in [0.3, 0.4) is 0 Å². The Kier molecular flexibility index (Phi) is 4.14. The standard InChI is InChI=1S/C20H20O4/c1-5-23-17(21)10-14-8-11(2)9-16-18(22)15-7-6-12(3)13(4)19(15)24-20(14)16/h6-9H,5,10H2,1-4H3. The third kappa shape index (κ3) is 2.68. The monoisotopic (exact) mass is 324 g/mol. The first kappa shape index (κ1) is 16.2. The maximum absolute atomic E-state index is 12.9. The van der Waals surface area contributed by atoms with E-state index in [4.69, 9.17) is 9.15 Å². The molecular formula is C20H20O4. The number of carbonyl (C=O) groups excluding carboxylic acids is 1. The Morgan fingerprint density at radius 2 is 1.83 bits per heavy atom. The predicted molar refractivity (Wildman–Crippen MR) is 94.5 cm³/mol. The lowest BCUT2D eigenvalue weighted by molar-refractivity contribution is -0.142. The van der Waals surface area contributed by atoms with Crippen LogP contribution >= 0.6 is 0 Å². The van der Waals surface area contributed by atoms with Crippen LogP contribution in [0.25, 0.3) is 21.9 Å². The van der Waals surface area contributed by atoms with Crippen LogP contribution in [0.1, 0.15) is 29.2 Å². The molecule has 0 aliphatic carbocycles. The third-order valence-electron chi connectivity index (χ3n) is 4.32. The minimum atomic E-state index is -0.326. The van der Waals surface area contributed by atoms with Crippen molar-refractivity contribution in [1.29, 1.82) is 0 Å². The van der Waals surface area contributed by atoms with Gasteiger partial charge in [0.25, 0.3) is 0 Å². The number of ether oxygens (including phenoxy) is 1. The zero-order chi connectivity index (χ0) is 17.4. The molecule has 0 radical (unpaired) electrons. The van der Waals surface area contributed by atoms with Gasteiger partial charge in [0.1, 0.15) is 11.2 Å². The lowest BCUT2D eigenvalue weighted by Gasteiger charge is -2.10. The van der Waals surface area contributed by atoms with Crippen LogP contribution in [0.5, 0.6) is 0 Å². The van der Waals surface area contributed by atoms with Gasteiger partial charge in [-0.1, -0.05) is 12.1 Å². The van der Waals surface area contributed by atoms with Gasteiger partial charge in [-0.3, -0.25) is 9.59 Å². The third-order valence-corrected chi connectivity index (χ3v) is 4.32. The van der Waals surface area contributed by atoms with Crippen molar-refractivity contribution in [3.63, 3.8) is 0 Å². The van der Waals surface area contributed by atoms with E-state index < -0.39 is 0 Å². The van der Waals surface area contributed by atoms with Crippen LogP contribution in [0, 0.1) is 20.8 Å². The second kappa shape index (κ2) is 6.11. The van der Waals surface area contributed by atoms with Gasteiger partial charge in [-0.05, 0) is 56.5 Å². The smallest absolute Gasteiger partial charge is 0.310 e. The molecule has 0 saturated carbocycles. The molecule has 0 N–H and O–H groups in total. The summed E-state index contributed by atoms with van der Waals surface area (Å²) in [6.45, 7) is 7.91. The zero-order valence-electron chi connectivity index (χ0n) is 14.4. The second-order valence-electron chi connectivity index (χ2n) is 6.10. The molecule has 3 aromatic rings. The molecule has 1 heterocycles. The quantitative estimate of drug-likeness (QED) is 0.540. The van der Waals surface area contributed by atoms with Gasteiger partial charge < -0.3 is 9.15 Å². The molecule has 0 amide bonds. The van der Waals surface area contributed by atoms with E-state index >= 15 is 0 Å². The van der Waals surface area contributed by atoms with Crippen molar-refractivity contribution in [2.24, 2.45) is 0 Å². The van der Waals surface area contributed by atoms with E-state index in [-0.39, 0.29) is 17.8 Å².